The van der Waals surface area contributed by atoms with Gasteiger partial charge in [0.25, 0.3) is 0 Å². The van der Waals surface area contributed by atoms with Gasteiger partial charge in [-0.15, -0.1) is 0 Å². The molecule has 0 unspecified atom stereocenters. The van der Waals surface area contributed by atoms with Crippen LogP contribution in [0.15, 0.2) is 27.4 Å². The zero-order chi connectivity index (χ0) is 13.6. The molecule has 1 aliphatic rings. The molecular weight excluding hydrogens is 240 g/mol. The van der Waals surface area contributed by atoms with Crippen molar-refractivity contribution < 1.29 is 4.42 Å². The first kappa shape index (κ1) is 12.5. The lowest BCUT2D eigenvalue weighted by molar-refractivity contribution is 0.253. The molecule has 0 atom stereocenters. The van der Waals surface area contributed by atoms with Crippen LogP contribution in [0, 0.1) is 0 Å². The first-order valence-electron chi connectivity index (χ1n) is 6.93. The van der Waals surface area contributed by atoms with Crippen LogP contribution in [0.3, 0.4) is 0 Å². The van der Waals surface area contributed by atoms with Gasteiger partial charge in [0.05, 0.1) is 5.52 Å². The van der Waals surface area contributed by atoms with Crippen LogP contribution in [0.25, 0.3) is 11.1 Å². The number of rotatable bonds is 3. The van der Waals surface area contributed by atoms with E-state index in [4.69, 9.17) is 10.2 Å². The topological polar surface area (TPSA) is 61.2 Å². The highest BCUT2D eigenvalue weighted by Gasteiger charge is 2.37. The maximum atomic E-state index is 11.9. The molecule has 0 bridgehead atoms. The molecule has 0 saturated heterocycles. The van der Waals surface area contributed by atoms with Gasteiger partial charge in [-0.3, -0.25) is 4.57 Å². The summed E-state index contributed by atoms with van der Waals surface area (Å²) in [5, 5.41) is 0. The average molecular weight is 260 g/mol. The molecule has 102 valence electrons. The summed E-state index contributed by atoms with van der Waals surface area (Å²) in [5.74, 6) is -0.280. The Balaban J connectivity index is 2.19. The maximum absolute atomic E-state index is 11.9. The Morgan fingerprint density at radius 1 is 1.42 bits per heavy atom. The van der Waals surface area contributed by atoms with Gasteiger partial charge in [-0.25, -0.2) is 4.79 Å². The highest BCUT2D eigenvalue weighted by molar-refractivity contribution is 5.74. The van der Waals surface area contributed by atoms with E-state index in [9.17, 15) is 4.79 Å². The van der Waals surface area contributed by atoms with Crippen molar-refractivity contribution in [3.8, 4) is 0 Å². The van der Waals surface area contributed by atoms with Gasteiger partial charge in [0.1, 0.15) is 0 Å². The molecule has 1 heterocycles. The van der Waals surface area contributed by atoms with E-state index in [0.29, 0.717) is 12.1 Å². The quantitative estimate of drug-likeness (QED) is 0.922. The summed E-state index contributed by atoms with van der Waals surface area (Å²) < 4.78 is 7.00. The Morgan fingerprint density at radius 2 is 2.16 bits per heavy atom. The van der Waals surface area contributed by atoms with Gasteiger partial charge in [-0.05, 0) is 44.4 Å². The van der Waals surface area contributed by atoms with Gasteiger partial charge in [-0.1, -0.05) is 12.5 Å². The molecule has 19 heavy (non-hydrogen) atoms. The molecular formula is C15H20N2O2. The highest BCUT2D eigenvalue weighted by Crippen LogP contribution is 2.43. The minimum atomic E-state index is -0.280. The van der Waals surface area contributed by atoms with E-state index in [1.54, 1.807) is 4.57 Å². The van der Waals surface area contributed by atoms with Crippen LogP contribution in [-0.2, 0) is 5.41 Å². The van der Waals surface area contributed by atoms with Crippen LogP contribution >= 0.6 is 0 Å². The van der Waals surface area contributed by atoms with Crippen molar-refractivity contribution in [3.63, 3.8) is 0 Å². The highest BCUT2D eigenvalue weighted by atomic mass is 16.4. The maximum Gasteiger partial charge on any atom is 0.420 e. The second-order valence-corrected chi connectivity index (χ2v) is 5.85. The van der Waals surface area contributed by atoms with Crippen molar-refractivity contribution in [2.24, 2.45) is 5.73 Å². The smallest absolute Gasteiger partial charge is 0.408 e. The molecule has 1 aromatic carbocycles. The van der Waals surface area contributed by atoms with Crippen molar-refractivity contribution in [3.05, 3.63) is 34.3 Å². The van der Waals surface area contributed by atoms with E-state index < -0.39 is 0 Å². The van der Waals surface area contributed by atoms with E-state index >= 15 is 0 Å². The van der Waals surface area contributed by atoms with Gasteiger partial charge in [-0.2, -0.15) is 0 Å². The number of nitrogens with zero attached hydrogens (tertiary/aromatic N) is 1. The van der Waals surface area contributed by atoms with Crippen LogP contribution in [0.1, 0.15) is 44.7 Å². The fourth-order valence-corrected chi connectivity index (χ4v) is 3.07. The molecule has 0 aliphatic heterocycles. The Bertz CT molecular complexity index is 657. The van der Waals surface area contributed by atoms with E-state index in [2.05, 4.69) is 12.1 Å². The largest absolute Gasteiger partial charge is 0.420 e. The first-order chi connectivity index (χ1) is 9.07. The molecule has 0 radical (unpaired) electrons. The second kappa shape index (κ2) is 4.23. The van der Waals surface area contributed by atoms with Crippen LogP contribution in [0.4, 0.5) is 0 Å². The zero-order valence-electron chi connectivity index (χ0n) is 11.5. The second-order valence-electron chi connectivity index (χ2n) is 5.85. The van der Waals surface area contributed by atoms with Crippen molar-refractivity contribution in [1.82, 2.24) is 4.57 Å². The number of benzene rings is 1. The SMILES string of the molecule is CC(C)n1c(=O)oc2ccc(C3(CN)CCC3)cc21. The number of hydrogen-bond donors (Lipinski definition) is 1. The Morgan fingerprint density at radius 3 is 2.68 bits per heavy atom. The summed E-state index contributed by atoms with van der Waals surface area (Å²) in [6.45, 7) is 4.65. The predicted molar refractivity (Wildman–Crippen MR) is 75.4 cm³/mol. The monoisotopic (exact) mass is 260 g/mol. The molecule has 0 amide bonds. The van der Waals surface area contributed by atoms with Gasteiger partial charge in [0.2, 0.25) is 0 Å². The van der Waals surface area contributed by atoms with Gasteiger partial charge >= 0.3 is 5.76 Å². The van der Waals surface area contributed by atoms with Crippen molar-refractivity contribution in [2.45, 2.75) is 44.6 Å². The summed E-state index contributed by atoms with van der Waals surface area (Å²) in [4.78, 5) is 11.9. The molecule has 1 saturated carbocycles. The van der Waals surface area contributed by atoms with Gasteiger partial charge in [0, 0.05) is 18.0 Å². The molecule has 3 rings (SSSR count). The fraction of sp³-hybridized carbons (Fsp3) is 0.533. The number of aromatic nitrogens is 1. The summed E-state index contributed by atoms with van der Waals surface area (Å²) in [7, 11) is 0. The standard InChI is InChI=1S/C15H20N2O2/c1-10(2)17-12-8-11(15(9-16)6-3-7-15)4-5-13(12)19-14(17)18/h4-5,8,10H,3,6-7,9,16H2,1-2H3. The molecule has 1 fully saturated rings. The van der Waals surface area contributed by atoms with Crippen LogP contribution in [0.5, 0.6) is 0 Å². The number of hydrogen-bond acceptors (Lipinski definition) is 3. The Labute approximate surface area is 112 Å². The van der Waals surface area contributed by atoms with Crippen LogP contribution in [0.2, 0.25) is 0 Å². The lowest BCUT2D eigenvalue weighted by atomic mass is 9.64. The van der Waals surface area contributed by atoms with E-state index in [-0.39, 0.29) is 17.2 Å². The van der Waals surface area contributed by atoms with Crippen molar-refractivity contribution in [1.29, 1.82) is 0 Å². The summed E-state index contributed by atoms with van der Waals surface area (Å²) in [6, 6.07) is 6.15. The predicted octanol–water partition coefficient (Wildman–Crippen LogP) is 2.56. The zero-order valence-corrected chi connectivity index (χ0v) is 11.5. The Hall–Kier alpha value is -1.55. The van der Waals surface area contributed by atoms with Crippen molar-refractivity contribution in [2.75, 3.05) is 6.54 Å². The van der Waals surface area contributed by atoms with E-state index in [1.165, 1.54) is 12.0 Å². The van der Waals surface area contributed by atoms with E-state index in [0.717, 1.165) is 18.4 Å². The first-order valence-corrected chi connectivity index (χ1v) is 6.93. The average Bonchev–Trinajstić information content (AvgIpc) is 2.63. The minimum absolute atomic E-state index is 0.0965. The van der Waals surface area contributed by atoms with Gasteiger partial charge < -0.3 is 10.2 Å². The number of oxazole rings is 1. The summed E-state index contributed by atoms with van der Waals surface area (Å²) in [6.07, 6.45) is 3.51. The molecule has 2 N–H and O–H groups in total. The molecule has 0 spiro atoms. The van der Waals surface area contributed by atoms with E-state index in [1.807, 2.05) is 19.9 Å². The van der Waals surface area contributed by atoms with Crippen LogP contribution in [-0.4, -0.2) is 11.1 Å². The number of nitrogens with two attached hydrogens (primary N) is 1. The molecule has 1 aliphatic carbocycles. The third-order valence-electron chi connectivity index (χ3n) is 4.44. The number of fused-ring (bicyclic) bond motifs is 1. The lowest BCUT2D eigenvalue weighted by Gasteiger charge is -2.41. The summed E-state index contributed by atoms with van der Waals surface area (Å²) in [5.41, 5.74) is 8.86. The third kappa shape index (κ3) is 1.74. The summed E-state index contributed by atoms with van der Waals surface area (Å²) >= 11 is 0. The van der Waals surface area contributed by atoms with Gasteiger partial charge in [0.15, 0.2) is 5.58 Å². The molecule has 2 aromatic rings. The molecule has 4 heteroatoms. The minimum Gasteiger partial charge on any atom is -0.408 e. The molecule has 1 aromatic heterocycles. The van der Waals surface area contributed by atoms with Crippen LogP contribution < -0.4 is 11.5 Å². The lowest BCUT2D eigenvalue weighted by Crippen LogP contribution is -2.41. The third-order valence-corrected chi connectivity index (χ3v) is 4.44. The Kier molecular flexibility index (Phi) is 2.78. The fourth-order valence-electron chi connectivity index (χ4n) is 3.07. The van der Waals surface area contributed by atoms with Crippen molar-refractivity contribution >= 4 is 11.1 Å². The normalized spacial score (nSPS) is 17.9. The molecule has 4 nitrogen and oxygen atoms in total.